The van der Waals surface area contributed by atoms with Crippen LogP contribution in [0.15, 0.2) is 0 Å². The van der Waals surface area contributed by atoms with Crippen LogP contribution in [0.4, 0.5) is 0 Å². The predicted octanol–water partition coefficient (Wildman–Crippen LogP) is 0.376. The normalized spacial score (nSPS) is 18.9. The maximum absolute atomic E-state index is 11.6. The third-order valence-electron chi connectivity index (χ3n) is 3.25. The summed E-state index contributed by atoms with van der Waals surface area (Å²) in [5.41, 5.74) is -0.698. The number of ether oxygens (including phenoxy) is 1. The Kier molecular flexibility index (Phi) is 6.60. The van der Waals surface area contributed by atoms with E-state index >= 15 is 0 Å². The van der Waals surface area contributed by atoms with E-state index in [4.69, 9.17) is 4.74 Å². The summed E-state index contributed by atoms with van der Waals surface area (Å²) in [4.78, 5) is 13.5. The molecular weight excluding hydrogens is 232 g/mol. The van der Waals surface area contributed by atoms with Crippen LogP contribution in [-0.4, -0.2) is 61.4 Å². The second-order valence-electron chi connectivity index (χ2n) is 5.21. The molecule has 0 bridgehead atoms. The highest BCUT2D eigenvalue weighted by molar-refractivity contribution is 5.77. The summed E-state index contributed by atoms with van der Waals surface area (Å²) in [5.74, 6) is 0.0293. The molecule has 1 saturated heterocycles. The van der Waals surface area contributed by atoms with Gasteiger partial charge in [-0.2, -0.15) is 0 Å². The van der Waals surface area contributed by atoms with Crippen LogP contribution in [0.5, 0.6) is 0 Å². The van der Waals surface area contributed by atoms with Crippen molar-refractivity contribution in [2.75, 3.05) is 39.9 Å². The van der Waals surface area contributed by atoms with Gasteiger partial charge in [0.15, 0.2) is 0 Å². The molecule has 0 radical (unpaired) electrons. The lowest BCUT2D eigenvalue weighted by atomic mass is 9.94. The van der Waals surface area contributed by atoms with Crippen LogP contribution >= 0.6 is 0 Å². The Morgan fingerprint density at radius 1 is 1.44 bits per heavy atom. The first-order valence-corrected chi connectivity index (χ1v) is 6.81. The Balaban J connectivity index is 2.23. The van der Waals surface area contributed by atoms with Crippen LogP contribution < -0.4 is 5.32 Å². The summed E-state index contributed by atoms with van der Waals surface area (Å²) in [6.07, 6.45) is 3.39. The fourth-order valence-electron chi connectivity index (χ4n) is 2.17. The van der Waals surface area contributed by atoms with Crippen molar-refractivity contribution in [1.82, 2.24) is 10.2 Å². The number of likely N-dealkylation sites (N-methyl/N-ethyl adjacent to an activating group) is 1. The maximum Gasteiger partial charge on any atom is 0.234 e. The first-order chi connectivity index (χ1) is 8.56. The lowest BCUT2D eigenvalue weighted by Gasteiger charge is -2.35. The van der Waals surface area contributed by atoms with Crippen molar-refractivity contribution in [3.8, 4) is 0 Å². The van der Waals surface area contributed by atoms with E-state index in [1.165, 1.54) is 0 Å². The monoisotopic (exact) mass is 258 g/mol. The van der Waals surface area contributed by atoms with E-state index in [1.807, 2.05) is 11.9 Å². The van der Waals surface area contributed by atoms with E-state index < -0.39 is 5.60 Å². The van der Waals surface area contributed by atoms with Gasteiger partial charge in [0.25, 0.3) is 0 Å². The zero-order valence-corrected chi connectivity index (χ0v) is 11.6. The summed E-state index contributed by atoms with van der Waals surface area (Å²) < 4.78 is 5.24. The van der Waals surface area contributed by atoms with Crippen molar-refractivity contribution in [2.45, 2.75) is 38.2 Å². The van der Waals surface area contributed by atoms with E-state index in [9.17, 15) is 9.90 Å². The van der Waals surface area contributed by atoms with Gasteiger partial charge in [0.1, 0.15) is 0 Å². The van der Waals surface area contributed by atoms with Crippen LogP contribution in [0.1, 0.15) is 32.6 Å². The lowest BCUT2D eigenvalue weighted by Crippen LogP contribution is -2.48. The van der Waals surface area contributed by atoms with E-state index in [-0.39, 0.29) is 5.91 Å². The fraction of sp³-hybridized carbons (Fsp3) is 0.923. The zero-order chi connectivity index (χ0) is 13.4. The maximum atomic E-state index is 11.6. The van der Waals surface area contributed by atoms with Gasteiger partial charge >= 0.3 is 0 Å². The van der Waals surface area contributed by atoms with E-state index in [0.717, 1.165) is 19.4 Å². The third kappa shape index (κ3) is 5.80. The standard InChI is InChI=1S/C13H26N2O3/c1-3-4-7-14-12(16)10-15(2)11-13(17)5-8-18-9-6-13/h17H,3-11H2,1-2H3,(H,14,16). The number of carbonyl (C=O) groups is 1. The van der Waals surface area contributed by atoms with Crippen molar-refractivity contribution in [2.24, 2.45) is 0 Å². The average molecular weight is 258 g/mol. The van der Waals surface area contributed by atoms with Gasteiger partial charge in [-0.15, -0.1) is 0 Å². The highest BCUT2D eigenvalue weighted by Crippen LogP contribution is 2.20. The average Bonchev–Trinajstić information content (AvgIpc) is 2.29. The number of nitrogens with zero attached hydrogens (tertiary/aromatic N) is 1. The predicted molar refractivity (Wildman–Crippen MR) is 70.4 cm³/mol. The van der Waals surface area contributed by atoms with Gasteiger partial charge in [0.2, 0.25) is 5.91 Å². The number of aliphatic hydroxyl groups is 1. The Bertz CT molecular complexity index is 253. The lowest BCUT2D eigenvalue weighted by molar-refractivity contribution is -0.123. The molecule has 18 heavy (non-hydrogen) atoms. The molecule has 0 aromatic rings. The van der Waals surface area contributed by atoms with Crippen LogP contribution in [-0.2, 0) is 9.53 Å². The summed E-state index contributed by atoms with van der Waals surface area (Å²) in [7, 11) is 1.87. The van der Waals surface area contributed by atoms with Gasteiger partial charge in [-0.05, 0) is 13.5 Å². The third-order valence-corrected chi connectivity index (χ3v) is 3.25. The number of rotatable bonds is 7. The number of nitrogens with one attached hydrogen (secondary N) is 1. The van der Waals surface area contributed by atoms with Crippen molar-refractivity contribution in [3.63, 3.8) is 0 Å². The summed E-state index contributed by atoms with van der Waals surface area (Å²) in [6, 6.07) is 0. The molecule has 0 aromatic carbocycles. The number of amides is 1. The molecular formula is C13H26N2O3. The quantitative estimate of drug-likeness (QED) is 0.648. The van der Waals surface area contributed by atoms with Crippen molar-refractivity contribution < 1.29 is 14.6 Å². The molecule has 5 heteroatoms. The molecule has 106 valence electrons. The van der Waals surface area contributed by atoms with Crippen molar-refractivity contribution >= 4 is 5.91 Å². The largest absolute Gasteiger partial charge is 0.388 e. The minimum absolute atomic E-state index is 0.0293. The molecule has 0 saturated carbocycles. The Morgan fingerprint density at radius 3 is 2.72 bits per heavy atom. The summed E-state index contributed by atoms with van der Waals surface area (Å²) >= 11 is 0. The molecule has 1 aliphatic rings. The van der Waals surface area contributed by atoms with Gasteiger partial charge in [-0.1, -0.05) is 13.3 Å². The number of hydrogen-bond acceptors (Lipinski definition) is 4. The summed E-state index contributed by atoms with van der Waals surface area (Å²) in [5, 5.41) is 13.2. The number of unbranched alkanes of at least 4 members (excludes halogenated alkanes) is 1. The summed E-state index contributed by atoms with van der Waals surface area (Å²) in [6.45, 7) is 4.91. The van der Waals surface area contributed by atoms with E-state index in [1.54, 1.807) is 0 Å². The SMILES string of the molecule is CCCCNC(=O)CN(C)CC1(O)CCOCC1. The van der Waals surface area contributed by atoms with Crippen molar-refractivity contribution in [1.29, 1.82) is 0 Å². The van der Waals surface area contributed by atoms with Crippen LogP contribution in [0, 0.1) is 0 Å². The molecule has 1 heterocycles. The minimum atomic E-state index is -0.698. The van der Waals surface area contributed by atoms with Gasteiger partial charge in [0.05, 0.1) is 12.1 Å². The topological polar surface area (TPSA) is 61.8 Å². The number of hydrogen-bond donors (Lipinski definition) is 2. The highest BCUT2D eigenvalue weighted by Gasteiger charge is 2.31. The first-order valence-electron chi connectivity index (χ1n) is 6.81. The molecule has 0 aliphatic carbocycles. The van der Waals surface area contributed by atoms with Gasteiger partial charge in [-0.3, -0.25) is 9.69 Å². The zero-order valence-electron chi connectivity index (χ0n) is 11.6. The Hall–Kier alpha value is -0.650. The molecule has 1 amide bonds. The van der Waals surface area contributed by atoms with Gasteiger partial charge in [-0.25, -0.2) is 0 Å². The van der Waals surface area contributed by atoms with E-state index in [2.05, 4.69) is 12.2 Å². The molecule has 5 nitrogen and oxygen atoms in total. The fourth-order valence-corrected chi connectivity index (χ4v) is 2.17. The molecule has 2 N–H and O–H groups in total. The molecule has 1 fully saturated rings. The number of carbonyl (C=O) groups excluding carboxylic acids is 1. The molecule has 0 spiro atoms. The van der Waals surface area contributed by atoms with E-state index in [0.29, 0.717) is 39.1 Å². The molecule has 0 aromatic heterocycles. The van der Waals surface area contributed by atoms with Crippen LogP contribution in [0.25, 0.3) is 0 Å². The smallest absolute Gasteiger partial charge is 0.234 e. The minimum Gasteiger partial charge on any atom is -0.388 e. The molecule has 0 unspecified atom stereocenters. The second kappa shape index (κ2) is 7.71. The first kappa shape index (κ1) is 15.4. The second-order valence-corrected chi connectivity index (χ2v) is 5.21. The van der Waals surface area contributed by atoms with Gasteiger partial charge in [0, 0.05) is 39.1 Å². The molecule has 0 atom stereocenters. The van der Waals surface area contributed by atoms with Crippen LogP contribution in [0.2, 0.25) is 0 Å². The molecule has 1 rings (SSSR count). The highest BCUT2D eigenvalue weighted by atomic mass is 16.5. The molecule has 1 aliphatic heterocycles. The Labute approximate surface area is 109 Å². The van der Waals surface area contributed by atoms with Gasteiger partial charge < -0.3 is 15.2 Å². The Morgan fingerprint density at radius 2 is 2.11 bits per heavy atom. The van der Waals surface area contributed by atoms with Crippen molar-refractivity contribution in [3.05, 3.63) is 0 Å². The van der Waals surface area contributed by atoms with Crippen LogP contribution in [0.3, 0.4) is 0 Å².